The molecule has 1 atom stereocenters. The minimum absolute atomic E-state index is 0.0879. The van der Waals surface area contributed by atoms with Gasteiger partial charge in [-0.2, -0.15) is 4.39 Å². The Labute approximate surface area is 153 Å². The molecule has 0 spiro atoms. The summed E-state index contributed by atoms with van der Waals surface area (Å²) in [6, 6.07) is 4.07. The lowest BCUT2D eigenvalue weighted by atomic mass is 10.2. The van der Waals surface area contributed by atoms with E-state index in [9.17, 15) is 13.6 Å². The Bertz CT molecular complexity index is 1040. The number of rotatable bonds is 4. The molecule has 3 aromatic rings. The van der Waals surface area contributed by atoms with Gasteiger partial charge in [-0.05, 0) is 31.0 Å². The number of benzene rings is 1. The van der Waals surface area contributed by atoms with Crippen molar-refractivity contribution >= 4 is 22.6 Å². The largest absolute Gasteiger partial charge is 0.491 e. The fourth-order valence-electron chi connectivity index (χ4n) is 3.57. The summed E-state index contributed by atoms with van der Waals surface area (Å²) in [7, 11) is 1.30. The first-order valence-electron chi connectivity index (χ1n) is 8.44. The number of nitrogens with two attached hydrogens (primary N) is 1. The van der Waals surface area contributed by atoms with Crippen molar-refractivity contribution in [2.45, 2.75) is 18.9 Å². The van der Waals surface area contributed by atoms with Gasteiger partial charge in [-0.25, -0.2) is 14.4 Å². The van der Waals surface area contributed by atoms with E-state index >= 15 is 0 Å². The maximum absolute atomic E-state index is 14.1. The van der Waals surface area contributed by atoms with E-state index < -0.39 is 17.5 Å². The fraction of sp³-hybridized carbons (Fsp3) is 0.278. The highest BCUT2D eigenvalue weighted by molar-refractivity contribution is 6.02. The number of ether oxygens (including phenoxy) is 1. The molecule has 0 aliphatic carbocycles. The smallest absolute Gasteiger partial charge is 0.269 e. The van der Waals surface area contributed by atoms with Crippen molar-refractivity contribution in [3.8, 4) is 5.75 Å². The summed E-state index contributed by atoms with van der Waals surface area (Å²) in [5.74, 6) is -2.19. The van der Waals surface area contributed by atoms with E-state index in [0.717, 1.165) is 18.9 Å². The number of primary amides is 1. The number of imidazole rings is 1. The Hall–Kier alpha value is -3.23. The highest BCUT2D eigenvalue weighted by atomic mass is 19.2. The molecule has 7 nitrogen and oxygen atoms in total. The van der Waals surface area contributed by atoms with Crippen molar-refractivity contribution in [3.05, 3.63) is 47.5 Å². The van der Waals surface area contributed by atoms with Crippen LogP contribution in [0.2, 0.25) is 0 Å². The van der Waals surface area contributed by atoms with Gasteiger partial charge in [0, 0.05) is 12.7 Å². The number of nitrogens with zero attached hydrogens (tertiary/aromatic N) is 3. The third kappa shape index (κ3) is 2.75. The van der Waals surface area contributed by atoms with Gasteiger partial charge in [-0.15, -0.1) is 0 Å². The molecule has 0 bridgehead atoms. The van der Waals surface area contributed by atoms with Crippen molar-refractivity contribution in [3.63, 3.8) is 0 Å². The minimum Gasteiger partial charge on any atom is -0.491 e. The predicted octanol–water partition coefficient (Wildman–Crippen LogP) is 2.69. The van der Waals surface area contributed by atoms with Crippen LogP contribution in [0.15, 0.2) is 24.4 Å². The van der Waals surface area contributed by atoms with Gasteiger partial charge in [0.05, 0.1) is 24.4 Å². The molecule has 2 aromatic heterocycles. The van der Waals surface area contributed by atoms with Gasteiger partial charge in [0.1, 0.15) is 11.3 Å². The molecule has 27 heavy (non-hydrogen) atoms. The van der Waals surface area contributed by atoms with Crippen molar-refractivity contribution in [2.24, 2.45) is 5.73 Å². The van der Waals surface area contributed by atoms with Crippen LogP contribution in [0.1, 0.15) is 35.2 Å². The molecular weight excluding hydrogens is 356 g/mol. The van der Waals surface area contributed by atoms with Gasteiger partial charge in [-0.3, -0.25) is 4.79 Å². The quantitative estimate of drug-likeness (QED) is 0.733. The standard InChI is InChI=1S/C18H17F2N5O2/c1-27-16-11(5-4-9(19)13(16)20)25-8-2-3-12(25)18-23-10-6-7-22-15(17(21)26)14(10)24-18/h4-7,12H,2-3,8H2,1H3,(H2,21,26)(H,23,24). The maximum atomic E-state index is 14.1. The molecule has 1 aromatic carbocycles. The zero-order valence-electron chi connectivity index (χ0n) is 14.5. The summed E-state index contributed by atoms with van der Waals surface area (Å²) in [4.78, 5) is 25.2. The molecule has 1 amide bonds. The van der Waals surface area contributed by atoms with E-state index in [1.54, 1.807) is 6.07 Å². The van der Waals surface area contributed by atoms with Crippen molar-refractivity contribution in [2.75, 3.05) is 18.6 Å². The van der Waals surface area contributed by atoms with Crippen LogP contribution < -0.4 is 15.4 Å². The second-order valence-corrected chi connectivity index (χ2v) is 6.31. The summed E-state index contributed by atoms with van der Waals surface area (Å²) in [6.07, 6.45) is 3.07. The zero-order chi connectivity index (χ0) is 19.1. The van der Waals surface area contributed by atoms with Crippen LogP contribution in [0.3, 0.4) is 0 Å². The average Bonchev–Trinajstić information content (AvgIpc) is 3.29. The monoisotopic (exact) mass is 373 g/mol. The molecule has 3 heterocycles. The third-order valence-corrected chi connectivity index (χ3v) is 4.76. The molecule has 1 unspecified atom stereocenters. The third-order valence-electron chi connectivity index (χ3n) is 4.76. The van der Waals surface area contributed by atoms with Gasteiger partial charge < -0.3 is 20.4 Å². The molecule has 1 aliphatic heterocycles. The molecule has 0 radical (unpaired) electrons. The highest BCUT2D eigenvalue weighted by Gasteiger charge is 2.32. The number of hydrogen-bond acceptors (Lipinski definition) is 5. The molecule has 1 saturated heterocycles. The number of hydrogen-bond donors (Lipinski definition) is 2. The number of H-pyrrole nitrogens is 1. The Kier molecular flexibility index (Phi) is 4.14. The Balaban J connectivity index is 1.79. The second-order valence-electron chi connectivity index (χ2n) is 6.31. The van der Waals surface area contributed by atoms with Crippen LogP contribution in [0, 0.1) is 11.6 Å². The number of fused-ring (bicyclic) bond motifs is 1. The van der Waals surface area contributed by atoms with Crippen LogP contribution in [-0.2, 0) is 0 Å². The first-order chi connectivity index (χ1) is 13.0. The predicted molar refractivity (Wildman–Crippen MR) is 94.6 cm³/mol. The minimum atomic E-state index is -1.02. The number of carbonyl (C=O) groups is 1. The van der Waals surface area contributed by atoms with E-state index in [0.29, 0.717) is 29.1 Å². The fourth-order valence-corrected chi connectivity index (χ4v) is 3.57. The molecule has 9 heteroatoms. The summed E-state index contributed by atoms with van der Waals surface area (Å²) in [5.41, 5.74) is 6.94. The molecule has 1 aliphatic rings. The first-order valence-corrected chi connectivity index (χ1v) is 8.44. The summed E-state index contributed by atoms with van der Waals surface area (Å²) in [5, 5.41) is 0. The summed E-state index contributed by atoms with van der Waals surface area (Å²) >= 11 is 0. The van der Waals surface area contributed by atoms with E-state index in [1.165, 1.54) is 19.4 Å². The Morgan fingerprint density at radius 2 is 2.19 bits per heavy atom. The number of aromatic nitrogens is 3. The molecular formula is C18H17F2N5O2. The molecule has 140 valence electrons. The second kappa shape index (κ2) is 6.49. The van der Waals surface area contributed by atoms with Crippen molar-refractivity contribution in [1.29, 1.82) is 0 Å². The van der Waals surface area contributed by atoms with Crippen LogP contribution >= 0.6 is 0 Å². The lowest BCUT2D eigenvalue weighted by Crippen LogP contribution is -2.24. The van der Waals surface area contributed by atoms with Crippen molar-refractivity contribution < 1.29 is 18.3 Å². The van der Waals surface area contributed by atoms with Crippen LogP contribution in [-0.4, -0.2) is 34.5 Å². The molecule has 0 saturated carbocycles. The van der Waals surface area contributed by atoms with Gasteiger partial charge in [-0.1, -0.05) is 0 Å². The van der Waals surface area contributed by atoms with Crippen LogP contribution in [0.25, 0.3) is 11.0 Å². The average molecular weight is 373 g/mol. The number of nitrogens with one attached hydrogen (secondary N) is 1. The first kappa shape index (κ1) is 17.2. The van der Waals surface area contributed by atoms with Gasteiger partial charge in [0.2, 0.25) is 5.82 Å². The molecule has 1 fully saturated rings. The van der Waals surface area contributed by atoms with Crippen LogP contribution in [0.5, 0.6) is 5.75 Å². The summed E-state index contributed by atoms with van der Waals surface area (Å²) in [6.45, 7) is 0.629. The number of carbonyl (C=O) groups excluding carboxylic acids is 1. The van der Waals surface area contributed by atoms with E-state index in [1.807, 2.05) is 4.90 Å². The number of halogens is 2. The van der Waals surface area contributed by atoms with E-state index in [4.69, 9.17) is 10.5 Å². The topological polar surface area (TPSA) is 97.1 Å². The Morgan fingerprint density at radius 1 is 1.37 bits per heavy atom. The van der Waals surface area contributed by atoms with Gasteiger partial charge in [0.15, 0.2) is 17.3 Å². The van der Waals surface area contributed by atoms with Crippen LogP contribution in [0.4, 0.5) is 14.5 Å². The highest BCUT2D eigenvalue weighted by Crippen LogP contribution is 2.41. The Morgan fingerprint density at radius 3 is 2.93 bits per heavy atom. The number of methoxy groups -OCH3 is 1. The normalized spacial score (nSPS) is 16.9. The number of amides is 1. The number of anilines is 1. The SMILES string of the molecule is COc1c(N2CCCC2c2nc3c(C(N)=O)nccc3[nH]2)ccc(F)c1F. The van der Waals surface area contributed by atoms with Gasteiger partial charge >= 0.3 is 0 Å². The lowest BCUT2D eigenvalue weighted by Gasteiger charge is -2.27. The number of pyridine rings is 1. The summed E-state index contributed by atoms with van der Waals surface area (Å²) < 4.78 is 32.8. The number of aromatic amines is 1. The van der Waals surface area contributed by atoms with E-state index in [-0.39, 0.29) is 17.5 Å². The molecule has 4 rings (SSSR count). The van der Waals surface area contributed by atoms with Crippen molar-refractivity contribution in [1.82, 2.24) is 15.0 Å². The van der Waals surface area contributed by atoms with Gasteiger partial charge in [0.25, 0.3) is 5.91 Å². The molecule has 3 N–H and O–H groups in total. The zero-order valence-corrected chi connectivity index (χ0v) is 14.5. The maximum Gasteiger partial charge on any atom is 0.269 e. The lowest BCUT2D eigenvalue weighted by molar-refractivity contribution is 0.0997. The van der Waals surface area contributed by atoms with E-state index in [2.05, 4.69) is 15.0 Å².